The minimum Gasteiger partial charge on any atom is -0.387 e. The van der Waals surface area contributed by atoms with Gasteiger partial charge in [-0.2, -0.15) is 0 Å². The van der Waals surface area contributed by atoms with Crippen molar-refractivity contribution in [3.8, 4) is 0 Å². The van der Waals surface area contributed by atoms with E-state index in [1.165, 1.54) is 0 Å². The van der Waals surface area contributed by atoms with E-state index >= 15 is 0 Å². The molecule has 0 rings (SSSR count). The summed E-state index contributed by atoms with van der Waals surface area (Å²) in [5.41, 5.74) is 9.44. The van der Waals surface area contributed by atoms with Crippen molar-refractivity contribution >= 4 is 11.5 Å². The van der Waals surface area contributed by atoms with E-state index < -0.39 is 0 Å². The maximum Gasteiger partial charge on any atom is 0.0965 e. The van der Waals surface area contributed by atoms with Gasteiger partial charge in [0.1, 0.15) is 0 Å². The predicted molar refractivity (Wildman–Crippen MR) is 77.6 cm³/mol. The zero-order valence-corrected chi connectivity index (χ0v) is 12.2. The van der Waals surface area contributed by atoms with Gasteiger partial charge in [-0.15, -0.1) is 0 Å². The van der Waals surface area contributed by atoms with Crippen LogP contribution in [0.1, 0.15) is 41.5 Å². The molecule has 0 aromatic heterocycles. The van der Waals surface area contributed by atoms with Crippen molar-refractivity contribution in [3.05, 3.63) is 23.4 Å². The first kappa shape index (κ1) is 15.6. The molecule has 0 aromatic carbocycles. The summed E-state index contributed by atoms with van der Waals surface area (Å²) in [6.45, 7) is 16.2. The second-order valence-corrected chi connectivity index (χ2v) is 5.33. The van der Waals surface area contributed by atoms with Gasteiger partial charge in [-0.3, -0.25) is 4.99 Å². The molecule has 3 nitrogen and oxygen atoms in total. The minimum atomic E-state index is 0.0275. The van der Waals surface area contributed by atoms with Gasteiger partial charge < -0.3 is 5.73 Å². The Morgan fingerprint density at radius 1 is 1.12 bits per heavy atom. The number of allylic oxidation sites excluding steroid dienone is 2. The van der Waals surface area contributed by atoms with Crippen LogP contribution in [0.3, 0.4) is 0 Å². The van der Waals surface area contributed by atoms with Gasteiger partial charge in [0, 0.05) is 7.05 Å². The molecule has 17 heavy (non-hydrogen) atoms. The van der Waals surface area contributed by atoms with Crippen molar-refractivity contribution in [1.29, 1.82) is 0 Å². The van der Waals surface area contributed by atoms with Gasteiger partial charge in [-0.1, -0.05) is 27.4 Å². The number of nitrogens with zero attached hydrogens (tertiary/aromatic N) is 2. The standard InChI is InChI=1S/C14H25N3/c1-9(2)12(16-8)13(17-11(4)15)10(3)14(5,6)7/h1H2,2-8H3,(H2,15,17)/b13-10-,16-12-. The molecule has 0 aliphatic rings. The Hall–Kier alpha value is -1.38. The van der Waals surface area contributed by atoms with Crippen molar-refractivity contribution < 1.29 is 0 Å². The van der Waals surface area contributed by atoms with Crippen molar-refractivity contribution in [3.63, 3.8) is 0 Å². The first-order valence-corrected chi connectivity index (χ1v) is 5.76. The highest BCUT2D eigenvalue weighted by atomic mass is 14.9. The zero-order valence-electron chi connectivity index (χ0n) is 12.2. The molecule has 0 aliphatic carbocycles. The first-order valence-electron chi connectivity index (χ1n) is 5.76. The average Bonchev–Trinajstić information content (AvgIpc) is 2.13. The van der Waals surface area contributed by atoms with Gasteiger partial charge >= 0.3 is 0 Å². The normalized spacial score (nSPS) is 15.7. The summed E-state index contributed by atoms with van der Waals surface area (Å²) in [5, 5.41) is 0. The molecule has 96 valence electrons. The second-order valence-electron chi connectivity index (χ2n) is 5.33. The van der Waals surface area contributed by atoms with Gasteiger partial charge in [0.15, 0.2) is 0 Å². The highest BCUT2D eigenvalue weighted by Crippen LogP contribution is 2.29. The van der Waals surface area contributed by atoms with Crippen molar-refractivity contribution in [2.24, 2.45) is 21.1 Å². The molecule has 0 spiro atoms. The van der Waals surface area contributed by atoms with Crippen molar-refractivity contribution in [2.45, 2.75) is 41.5 Å². The summed E-state index contributed by atoms with van der Waals surface area (Å²) in [6.07, 6.45) is 0. The topological polar surface area (TPSA) is 50.7 Å². The lowest BCUT2D eigenvalue weighted by molar-refractivity contribution is 0.500. The van der Waals surface area contributed by atoms with E-state index in [1.807, 2.05) is 6.92 Å². The summed E-state index contributed by atoms with van der Waals surface area (Å²) in [6, 6.07) is 0. The van der Waals surface area contributed by atoms with Crippen LogP contribution in [0.2, 0.25) is 0 Å². The molecule has 0 bridgehead atoms. The van der Waals surface area contributed by atoms with E-state index in [4.69, 9.17) is 5.73 Å². The lowest BCUT2D eigenvalue weighted by atomic mass is 9.85. The molecular formula is C14H25N3. The Morgan fingerprint density at radius 2 is 1.59 bits per heavy atom. The molecule has 0 fully saturated rings. The number of nitrogens with two attached hydrogens (primary N) is 1. The van der Waals surface area contributed by atoms with Crippen LogP contribution in [0.5, 0.6) is 0 Å². The SMILES string of the molecule is C=C(C)C(=N/C)/C(/N=C(/C)N)=C(\C)C(C)(C)C. The van der Waals surface area contributed by atoms with Gasteiger partial charge in [0.25, 0.3) is 0 Å². The Morgan fingerprint density at radius 3 is 1.82 bits per heavy atom. The van der Waals surface area contributed by atoms with Crippen LogP contribution in [0.25, 0.3) is 0 Å². The fraction of sp³-hybridized carbons (Fsp3) is 0.571. The summed E-state index contributed by atoms with van der Waals surface area (Å²) in [4.78, 5) is 8.69. The molecule has 0 radical (unpaired) electrons. The van der Waals surface area contributed by atoms with Gasteiger partial charge in [-0.25, -0.2) is 4.99 Å². The largest absolute Gasteiger partial charge is 0.387 e. The summed E-state index contributed by atoms with van der Waals surface area (Å²) >= 11 is 0. The summed E-state index contributed by atoms with van der Waals surface area (Å²) in [7, 11) is 1.75. The Bertz CT molecular complexity index is 386. The van der Waals surface area contributed by atoms with E-state index in [1.54, 1.807) is 14.0 Å². The van der Waals surface area contributed by atoms with Gasteiger partial charge in [0.05, 0.1) is 17.2 Å². The third kappa shape index (κ3) is 4.55. The summed E-state index contributed by atoms with van der Waals surface area (Å²) < 4.78 is 0. The van der Waals surface area contributed by atoms with E-state index in [2.05, 4.69) is 44.3 Å². The molecule has 0 unspecified atom stereocenters. The molecule has 3 heteroatoms. The van der Waals surface area contributed by atoms with Crippen LogP contribution in [0, 0.1) is 5.41 Å². The number of hydrogen-bond donors (Lipinski definition) is 1. The van der Waals surface area contributed by atoms with E-state index in [0.717, 1.165) is 22.6 Å². The summed E-state index contributed by atoms with van der Waals surface area (Å²) in [5.74, 6) is 0.533. The van der Waals surface area contributed by atoms with Crippen LogP contribution >= 0.6 is 0 Å². The van der Waals surface area contributed by atoms with Crippen LogP contribution in [-0.4, -0.2) is 18.6 Å². The average molecular weight is 235 g/mol. The Labute approximate surface area is 105 Å². The molecule has 2 N–H and O–H groups in total. The number of hydrogen-bond acceptors (Lipinski definition) is 2. The molecular weight excluding hydrogens is 210 g/mol. The molecule has 0 atom stereocenters. The lowest BCUT2D eigenvalue weighted by Crippen LogP contribution is -2.17. The molecule has 0 saturated heterocycles. The fourth-order valence-electron chi connectivity index (χ4n) is 1.34. The lowest BCUT2D eigenvalue weighted by Gasteiger charge is -2.23. The van der Waals surface area contributed by atoms with Crippen LogP contribution in [0.15, 0.2) is 33.4 Å². The highest BCUT2D eigenvalue weighted by Gasteiger charge is 2.20. The fourth-order valence-corrected chi connectivity index (χ4v) is 1.34. The quantitative estimate of drug-likeness (QED) is 0.592. The van der Waals surface area contributed by atoms with Crippen LogP contribution in [-0.2, 0) is 0 Å². The molecule has 0 aliphatic heterocycles. The first-order chi connectivity index (χ1) is 7.61. The third-order valence-corrected chi connectivity index (χ3v) is 2.62. The predicted octanol–water partition coefficient (Wildman–Crippen LogP) is 3.33. The van der Waals surface area contributed by atoms with E-state index in [-0.39, 0.29) is 5.41 Å². The third-order valence-electron chi connectivity index (χ3n) is 2.62. The number of rotatable bonds is 3. The smallest absolute Gasteiger partial charge is 0.0965 e. The van der Waals surface area contributed by atoms with Gasteiger partial charge in [-0.05, 0) is 37.3 Å². The molecule has 0 aromatic rings. The van der Waals surface area contributed by atoms with Crippen molar-refractivity contribution in [1.82, 2.24) is 0 Å². The maximum absolute atomic E-state index is 5.70. The Kier molecular flexibility index (Phi) is 5.33. The molecule has 0 amide bonds. The molecule has 0 saturated carbocycles. The van der Waals surface area contributed by atoms with Crippen LogP contribution < -0.4 is 5.73 Å². The second kappa shape index (κ2) is 5.80. The maximum atomic E-state index is 5.70. The monoisotopic (exact) mass is 235 g/mol. The van der Waals surface area contributed by atoms with Crippen molar-refractivity contribution in [2.75, 3.05) is 7.05 Å². The molecule has 0 heterocycles. The Balaban J connectivity index is 5.94. The van der Waals surface area contributed by atoms with Gasteiger partial charge in [0.2, 0.25) is 0 Å². The minimum absolute atomic E-state index is 0.0275. The van der Waals surface area contributed by atoms with E-state index in [9.17, 15) is 0 Å². The highest BCUT2D eigenvalue weighted by molar-refractivity contribution is 6.12. The van der Waals surface area contributed by atoms with E-state index in [0.29, 0.717) is 5.84 Å². The number of amidine groups is 1. The van der Waals surface area contributed by atoms with Crippen LogP contribution in [0.4, 0.5) is 0 Å². The zero-order chi connectivity index (χ0) is 13.8. The number of aliphatic imine (C=N–C) groups is 2.